The molecule has 28 heavy (non-hydrogen) atoms. The van der Waals surface area contributed by atoms with E-state index in [9.17, 15) is 14.4 Å². The van der Waals surface area contributed by atoms with Crippen LogP contribution in [0.1, 0.15) is 10.4 Å². The van der Waals surface area contributed by atoms with Crippen molar-refractivity contribution in [2.45, 2.75) is 0 Å². The van der Waals surface area contributed by atoms with Gasteiger partial charge in [-0.05, 0) is 24.3 Å². The molecule has 0 radical (unpaired) electrons. The van der Waals surface area contributed by atoms with Crippen molar-refractivity contribution < 1.29 is 33.3 Å². The van der Waals surface area contributed by atoms with E-state index in [1.807, 2.05) is 0 Å². The van der Waals surface area contributed by atoms with Crippen LogP contribution in [-0.2, 0) is 23.8 Å². The summed E-state index contributed by atoms with van der Waals surface area (Å²) in [6.07, 6.45) is 6.14. The highest BCUT2D eigenvalue weighted by molar-refractivity contribution is 9.10. The summed E-state index contributed by atoms with van der Waals surface area (Å²) in [4.78, 5) is 38.4. The molecule has 1 aromatic carbocycles. The van der Waals surface area contributed by atoms with E-state index in [1.54, 1.807) is 18.2 Å². The monoisotopic (exact) mass is 451 g/mol. The number of methoxy groups -OCH3 is 4. The molecule has 8 nitrogen and oxygen atoms in total. The largest absolute Gasteiger partial charge is 0.494 e. The minimum atomic E-state index is -0.779. The van der Waals surface area contributed by atoms with Gasteiger partial charge >= 0.3 is 17.9 Å². The van der Waals surface area contributed by atoms with Gasteiger partial charge in [0.25, 0.3) is 0 Å². The van der Waals surface area contributed by atoms with E-state index in [0.29, 0.717) is 10.2 Å². The summed E-state index contributed by atoms with van der Waals surface area (Å²) in [5.41, 5.74) is 0.301. The van der Waals surface area contributed by atoms with Gasteiger partial charge in [-0.15, -0.1) is 0 Å². The van der Waals surface area contributed by atoms with Crippen molar-refractivity contribution in [3.8, 4) is 5.75 Å². The Labute approximate surface area is 170 Å². The van der Waals surface area contributed by atoms with Crippen LogP contribution in [0.4, 0.5) is 5.69 Å². The van der Waals surface area contributed by atoms with Gasteiger partial charge in [0.15, 0.2) is 5.75 Å². The highest BCUT2D eigenvalue weighted by Crippen LogP contribution is 2.39. The normalized spacial score (nSPS) is 13.1. The van der Waals surface area contributed by atoms with Gasteiger partial charge in [-0.25, -0.2) is 14.4 Å². The molecule has 0 saturated carbocycles. The van der Waals surface area contributed by atoms with Crippen LogP contribution in [0.2, 0.25) is 0 Å². The molecule has 0 amide bonds. The molecular formula is C19H18BrNO7. The number of carbonyl (C=O) groups is 3. The molecule has 9 heteroatoms. The maximum absolute atomic E-state index is 12.6. The van der Waals surface area contributed by atoms with Crippen molar-refractivity contribution in [3.63, 3.8) is 0 Å². The third-order valence-electron chi connectivity index (χ3n) is 3.79. The summed E-state index contributed by atoms with van der Waals surface area (Å²) < 4.78 is 20.4. The van der Waals surface area contributed by atoms with Crippen molar-refractivity contribution in [1.82, 2.24) is 0 Å². The maximum Gasteiger partial charge on any atom is 0.355 e. The van der Waals surface area contributed by atoms with Gasteiger partial charge in [0.1, 0.15) is 11.3 Å². The molecule has 0 aromatic heterocycles. The van der Waals surface area contributed by atoms with Gasteiger partial charge in [0.05, 0.1) is 39.7 Å². The van der Waals surface area contributed by atoms with E-state index < -0.39 is 17.9 Å². The Kier molecular flexibility index (Phi) is 7.00. The lowest BCUT2D eigenvalue weighted by Crippen LogP contribution is -2.27. The molecule has 148 valence electrons. The number of halogens is 1. The van der Waals surface area contributed by atoms with Crippen molar-refractivity contribution in [2.24, 2.45) is 0 Å². The van der Waals surface area contributed by atoms with Gasteiger partial charge < -0.3 is 23.8 Å². The second kappa shape index (κ2) is 9.23. The van der Waals surface area contributed by atoms with Gasteiger partial charge in [0, 0.05) is 10.7 Å². The zero-order valence-corrected chi connectivity index (χ0v) is 17.2. The van der Waals surface area contributed by atoms with Crippen LogP contribution in [-0.4, -0.2) is 46.3 Å². The Hall–Kier alpha value is -3.07. The van der Waals surface area contributed by atoms with Crippen molar-refractivity contribution in [3.05, 3.63) is 57.9 Å². The standard InChI is InChI=1S/C19H18BrNO7/c1-25-16-13(18(23)27-3)9-11(20)10-14(16)21-8-6-5-7-12(17(22)26-2)15(21)19(24)28-4/h5-10H,1-4H3. The van der Waals surface area contributed by atoms with E-state index in [-0.39, 0.29) is 22.6 Å². The number of nitrogens with zero attached hydrogens (tertiary/aromatic N) is 1. The molecule has 0 unspecified atom stereocenters. The van der Waals surface area contributed by atoms with E-state index in [4.69, 9.17) is 18.9 Å². The predicted molar refractivity (Wildman–Crippen MR) is 104 cm³/mol. The number of anilines is 1. The average molecular weight is 452 g/mol. The van der Waals surface area contributed by atoms with Crippen molar-refractivity contribution in [2.75, 3.05) is 33.3 Å². The van der Waals surface area contributed by atoms with E-state index in [2.05, 4.69) is 15.9 Å². The third kappa shape index (κ3) is 4.09. The lowest BCUT2D eigenvalue weighted by atomic mass is 10.1. The molecule has 0 spiro atoms. The fourth-order valence-electron chi connectivity index (χ4n) is 2.59. The van der Waals surface area contributed by atoms with Crippen LogP contribution in [0.15, 0.2) is 52.3 Å². The SMILES string of the molecule is COC(=O)C1=C(C(=O)OC)N(c2cc(Br)cc(C(=O)OC)c2OC)C=CC=C1. The fourth-order valence-corrected chi connectivity index (χ4v) is 3.03. The molecule has 1 aliphatic rings. The highest BCUT2D eigenvalue weighted by atomic mass is 79.9. The Balaban J connectivity index is 2.83. The average Bonchev–Trinajstić information content (AvgIpc) is 2.94. The number of rotatable bonds is 5. The van der Waals surface area contributed by atoms with Gasteiger partial charge in [-0.1, -0.05) is 22.0 Å². The van der Waals surface area contributed by atoms with Crippen molar-refractivity contribution >= 4 is 39.5 Å². The Morgan fingerprint density at radius 3 is 2.11 bits per heavy atom. The molecule has 0 fully saturated rings. The van der Waals surface area contributed by atoms with Crippen LogP contribution in [0.3, 0.4) is 0 Å². The summed E-state index contributed by atoms with van der Waals surface area (Å²) in [5.74, 6) is -1.99. The molecule has 0 bridgehead atoms. The van der Waals surface area contributed by atoms with Gasteiger partial charge in [0.2, 0.25) is 0 Å². The molecule has 0 N–H and O–H groups in total. The molecule has 0 aliphatic carbocycles. The zero-order valence-electron chi connectivity index (χ0n) is 15.6. The molecule has 1 heterocycles. The first-order valence-corrected chi connectivity index (χ1v) is 8.69. The van der Waals surface area contributed by atoms with Crippen molar-refractivity contribution in [1.29, 1.82) is 0 Å². The highest BCUT2D eigenvalue weighted by Gasteiger charge is 2.30. The molecule has 2 rings (SSSR count). The zero-order chi connectivity index (χ0) is 20.8. The predicted octanol–water partition coefficient (Wildman–Crippen LogP) is 2.73. The molecular weight excluding hydrogens is 434 g/mol. The summed E-state index contributed by atoms with van der Waals surface area (Å²) >= 11 is 3.34. The number of carbonyl (C=O) groups excluding carboxylic acids is 3. The number of esters is 3. The first-order valence-electron chi connectivity index (χ1n) is 7.90. The Morgan fingerprint density at radius 1 is 0.893 bits per heavy atom. The minimum absolute atomic E-state index is 0.0269. The quantitative estimate of drug-likeness (QED) is 0.498. The summed E-state index contributed by atoms with van der Waals surface area (Å²) in [5, 5.41) is 0. The van der Waals surface area contributed by atoms with Crippen LogP contribution < -0.4 is 9.64 Å². The molecule has 0 saturated heterocycles. The molecule has 1 aliphatic heterocycles. The Morgan fingerprint density at radius 2 is 1.54 bits per heavy atom. The summed E-state index contributed by atoms with van der Waals surface area (Å²) in [6, 6.07) is 3.15. The van der Waals surface area contributed by atoms with E-state index in [1.165, 1.54) is 51.7 Å². The van der Waals surface area contributed by atoms with Gasteiger partial charge in [-0.2, -0.15) is 0 Å². The summed E-state index contributed by atoms with van der Waals surface area (Å²) in [6.45, 7) is 0. The Bertz CT molecular complexity index is 902. The third-order valence-corrected chi connectivity index (χ3v) is 4.25. The molecule has 0 atom stereocenters. The first kappa shape index (κ1) is 21.2. The lowest BCUT2D eigenvalue weighted by Gasteiger charge is -2.26. The number of hydrogen-bond acceptors (Lipinski definition) is 8. The van der Waals surface area contributed by atoms with Crippen LogP contribution in [0.25, 0.3) is 0 Å². The number of ether oxygens (including phenoxy) is 4. The number of benzene rings is 1. The maximum atomic E-state index is 12.6. The fraction of sp³-hybridized carbons (Fsp3) is 0.211. The second-order valence-corrected chi connectivity index (χ2v) is 6.23. The second-order valence-electron chi connectivity index (χ2n) is 5.31. The van der Waals surface area contributed by atoms with Crippen LogP contribution in [0.5, 0.6) is 5.75 Å². The van der Waals surface area contributed by atoms with Crippen LogP contribution >= 0.6 is 15.9 Å². The van der Waals surface area contributed by atoms with Gasteiger partial charge in [-0.3, -0.25) is 0 Å². The number of hydrogen-bond donors (Lipinski definition) is 0. The van der Waals surface area contributed by atoms with Crippen LogP contribution in [0, 0.1) is 0 Å². The lowest BCUT2D eigenvalue weighted by molar-refractivity contribution is -0.139. The first-order chi connectivity index (χ1) is 13.4. The van der Waals surface area contributed by atoms with E-state index >= 15 is 0 Å². The molecule has 1 aromatic rings. The number of allylic oxidation sites excluding steroid dienone is 2. The smallest absolute Gasteiger partial charge is 0.355 e. The minimum Gasteiger partial charge on any atom is -0.494 e. The topological polar surface area (TPSA) is 91.4 Å². The summed E-state index contributed by atoms with van der Waals surface area (Å²) in [7, 11) is 5.02. The van der Waals surface area contributed by atoms with E-state index in [0.717, 1.165) is 0 Å².